The van der Waals surface area contributed by atoms with Crippen molar-refractivity contribution < 1.29 is 19.4 Å². The molecule has 2 rings (SSSR count). The first-order chi connectivity index (χ1) is 9.10. The monoisotopic (exact) mass is 262 g/mol. The van der Waals surface area contributed by atoms with Crippen molar-refractivity contribution in [2.24, 2.45) is 5.92 Å². The Balaban J connectivity index is 2.03. The number of rotatable bonds is 4. The van der Waals surface area contributed by atoms with E-state index in [9.17, 15) is 9.59 Å². The number of methoxy groups -OCH3 is 1. The number of carboxylic acid groups (broad SMARTS) is 1. The molecule has 1 aromatic rings. The molecule has 0 spiro atoms. The first-order valence-electron chi connectivity index (χ1n) is 5.82. The van der Waals surface area contributed by atoms with Crippen LogP contribution in [-0.2, 0) is 9.53 Å². The van der Waals surface area contributed by atoms with Crippen molar-refractivity contribution in [2.75, 3.05) is 12.4 Å². The van der Waals surface area contributed by atoms with E-state index in [4.69, 9.17) is 5.11 Å². The van der Waals surface area contributed by atoms with Gasteiger partial charge in [0.15, 0.2) is 0 Å². The summed E-state index contributed by atoms with van der Waals surface area (Å²) in [6, 6.07) is 3.04. The van der Waals surface area contributed by atoms with Gasteiger partial charge >= 0.3 is 11.9 Å². The highest BCUT2D eigenvalue weighted by molar-refractivity contribution is 5.90. The largest absolute Gasteiger partial charge is 0.481 e. The molecular formula is C13H14N2O4. The van der Waals surface area contributed by atoms with Crippen molar-refractivity contribution in [3.8, 4) is 0 Å². The summed E-state index contributed by atoms with van der Waals surface area (Å²) in [4.78, 5) is 26.3. The van der Waals surface area contributed by atoms with Crippen LogP contribution in [0, 0.1) is 5.92 Å². The van der Waals surface area contributed by atoms with Gasteiger partial charge in [-0.25, -0.2) is 9.78 Å². The van der Waals surface area contributed by atoms with Gasteiger partial charge in [-0.15, -0.1) is 0 Å². The highest BCUT2D eigenvalue weighted by atomic mass is 16.5. The second-order valence-corrected chi connectivity index (χ2v) is 4.24. The Hall–Kier alpha value is -2.37. The van der Waals surface area contributed by atoms with Crippen molar-refractivity contribution in [1.82, 2.24) is 4.98 Å². The van der Waals surface area contributed by atoms with Crippen molar-refractivity contribution >= 4 is 17.8 Å². The van der Waals surface area contributed by atoms with E-state index >= 15 is 0 Å². The minimum Gasteiger partial charge on any atom is -0.481 e. The molecule has 2 atom stereocenters. The Morgan fingerprint density at radius 2 is 2.26 bits per heavy atom. The summed E-state index contributed by atoms with van der Waals surface area (Å²) >= 11 is 0. The van der Waals surface area contributed by atoms with Gasteiger partial charge < -0.3 is 15.2 Å². The van der Waals surface area contributed by atoms with Crippen molar-refractivity contribution in [1.29, 1.82) is 0 Å². The normalized spacial score (nSPS) is 21.1. The van der Waals surface area contributed by atoms with Gasteiger partial charge in [0.05, 0.1) is 18.6 Å². The number of ether oxygens (including phenoxy) is 1. The molecule has 0 aliphatic heterocycles. The summed E-state index contributed by atoms with van der Waals surface area (Å²) in [5.41, 5.74) is 0.400. The topological polar surface area (TPSA) is 88.5 Å². The predicted molar refractivity (Wildman–Crippen MR) is 67.9 cm³/mol. The Labute approximate surface area is 110 Å². The van der Waals surface area contributed by atoms with E-state index in [1.807, 2.05) is 0 Å². The van der Waals surface area contributed by atoms with Crippen LogP contribution in [0.4, 0.5) is 5.82 Å². The van der Waals surface area contributed by atoms with Crippen LogP contribution in [0.3, 0.4) is 0 Å². The van der Waals surface area contributed by atoms with Crippen LogP contribution in [-0.4, -0.2) is 35.2 Å². The number of carboxylic acids is 1. The SMILES string of the molecule is COC(=O)c1ccnc(NC2C=CC(C(=O)O)C2)c1. The van der Waals surface area contributed by atoms with Crippen LogP contribution in [0.5, 0.6) is 0 Å². The number of pyridine rings is 1. The molecule has 6 heteroatoms. The zero-order valence-corrected chi connectivity index (χ0v) is 10.4. The molecule has 0 amide bonds. The summed E-state index contributed by atoms with van der Waals surface area (Å²) in [5, 5.41) is 12.0. The number of anilines is 1. The number of esters is 1. The summed E-state index contributed by atoms with van der Waals surface area (Å²) in [6.07, 6.45) is 5.43. The summed E-state index contributed by atoms with van der Waals surface area (Å²) in [7, 11) is 1.31. The molecule has 1 aromatic heterocycles. The Bertz CT molecular complexity index is 527. The molecule has 1 aliphatic rings. The molecule has 100 valence electrons. The fourth-order valence-corrected chi connectivity index (χ4v) is 1.93. The number of aromatic nitrogens is 1. The van der Waals surface area contributed by atoms with Gasteiger partial charge in [0.1, 0.15) is 5.82 Å². The number of hydrogen-bond donors (Lipinski definition) is 2. The van der Waals surface area contributed by atoms with Gasteiger partial charge in [-0.05, 0) is 18.6 Å². The molecule has 0 aromatic carbocycles. The smallest absolute Gasteiger partial charge is 0.338 e. The Morgan fingerprint density at radius 1 is 1.47 bits per heavy atom. The van der Waals surface area contributed by atoms with Gasteiger partial charge in [-0.1, -0.05) is 12.2 Å². The maximum atomic E-state index is 11.4. The van der Waals surface area contributed by atoms with E-state index in [0.29, 0.717) is 17.8 Å². The second kappa shape index (κ2) is 5.51. The average Bonchev–Trinajstić information content (AvgIpc) is 2.87. The van der Waals surface area contributed by atoms with Crippen LogP contribution < -0.4 is 5.32 Å². The summed E-state index contributed by atoms with van der Waals surface area (Å²) < 4.78 is 4.62. The first-order valence-corrected chi connectivity index (χ1v) is 5.82. The second-order valence-electron chi connectivity index (χ2n) is 4.24. The Morgan fingerprint density at radius 3 is 2.89 bits per heavy atom. The van der Waals surface area contributed by atoms with E-state index in [2.05, 4.69) is 15.0 Å². The van der Waals surface area contributed by atoms with Crippen LogP contribution in [0.15, 0.2) is 30.5 Å². The van der Waals surface area contributed by atoms with Gasteiger partial charge in [0.25, 0.3) is 0 Å². The lowest BCUT2D eigenvalue weighted by atomic mass is 10.1. The third-order valence-corrected chi connectivity index (χ3v) is 2.92. The maximum Gasteiger partial charge on any atom is 0.338 e. The number of nitrogens with one attached hydrogen (secondary N) is 1. The molecule has 6 nitrogen and oxygen atoms in total. The van der Waals surface area contributed by atoms with Gasteiger partial charge in [0.2, 0.25) is 0 Å². The van der Waals surface area contributed by atoms with E-state index in [1.54, 1.807) is 24.3 Å². The van der Waals surface area contributed by atoms with Crippen molar-refractivity contribution in [3.63, 3.8) is 0 Å². The summed E-state index contributed by atoms with van der Waals surface area (Å²) in [5.74, 6) is -1.22. The molecule has 0 saturated carbocycles. The van der Waals surface area contributed by atoms with Gasteiger partial charge in [-0.3, -0.25) is 4.79 Å². The van der Waals surface area contributed by atoms with E-state index in [0.717, 1.165) is 0 Å². The lowest BCUT2D eigenvalue weighted by Crippen LogP contribution is -2.19. The number of carbonyl (C=O) groups excluding carboxylic acids is 1. The average molecular weight is 262 g/mol. The number of hydrogen-bond acceptors (Lipinski definition) is 5. The minimum absolute atomic E-state index is 0.0958. The van der Waals surface area contributed by atoms with Crippen LogP contribution in [0.25, 0.3) is 0 Å². The number of carbonyl (C=O) groups is 2. The molecule has 19 heavy (non-hydrogen) atoms. The lowest BCUT2D eigenvalue weighted by molar-refractivity contribution is -0.140. The maximum absolute atomic E-state index is 11.4. The molecular weight excluding hydrogens is 248 g/mol. The molecule has 0 saturated heterocycles. The number of nitrogens with zero attached hydrogens (tertiary/aromatic N) is 1. The van der Waals surface area contributed by atoms with Crippen molar-refractivity contribution in [2.45, 2.75) is 12.5 Å². The highest BCUT2D eigenvalue weighted by Crippen LogP contribution is 2.21. The zero-order chi connectivity index (χ0) is 13.8. The predicted octanol–water partition coefficient (Wildman–Crippen LogP) is 1.31. The lowest BCUT2D eigenvalue weighted by Gasteiger charge is -2.13. The highest BCUT2D eigenvalue weighted by Gasteiger charge is 2.24. The zero-order valence-electron chi connectivity index (χ0n) is 10.4. The molecule has 2 N–H and O–H groups in total. The van der Waals surface area contributed by atoms with Gasteiger partial charge in [-0.2, -0.15) is 0 Å². The van der Waals surface area contributed by atoms with Crippen molar-refractivity contribution in [3.05, 3.63) is 36.0 Å². The first kappa shape index (κ1) is 13.1. The standard InChI is InChI=1S/C13H14N2O4/c1-19-13(18)9-4-5-14-11(7-9)15-10-3-2-8(6-10)12(16)17/h2-5,7-8,10H,6H2,1H3,(H,14,15)(H,16,17). The van der Waals surface area contributed by atoms with Crippen LogP contribution in [0.1, 0.15) is 16.8 Å². The fraction of sp³-hybridized carbons (Fsp3) is 0.308. The Kier molecular flexibility index (Phi) is 3.79. The molecule has 1 heterocycles. The van der Waals surface area contributed by atoms with Crippen LogP contribution in [0.2, 0.25) is 0 Å². The fourth-order valence-electron chi connectivity index (χ4n) is 1.93. The van der Waals surface area contributed by atoms with E-state index in [-0.39, 0.29) is 6.04 Å². The molecule has 0 fully saturated rings. The quantitative estimate of drug-likeness (QED) is 0.628. The third kappa shape index (κ3) is 3.09. The van der Waals surface area contributed by atoms with Crippen LogP contribution >= 0.6 is 0 Å². The minimum atomic E-state index is -0.836. The van der Waals surface area contributed by atoms with E-state index < -0.39 is 17.9 Å². The number of aliphatic carboxylic acids is 1. The summed E-state index contributed by atoms with van der Waals surface area (Å²) in [6.45, 7) is 0. The molecule has 0 radical (unpaired) electrons. The van der Waals surface area contributed by atoms with Gasteiger partial charge in [0, 0.05) is 12.2 Å². The molecule has 2 unspecified atom stereocenters. The molecule has 1 aliphatic carbocycles. The third-order valence-electron chi connectivity index (χ3n) is 2.92. The molecule has 0 bridgehead atoms. The van der Waals surface area contributed by atoms with E-state index in [1.165, 1.54) is 13.3 Å².